The van der Waals surface area contributed by atoms with Crippen LogP contribution in [0.2, 0.25) is 0 Å². The fourth-order valence-electron chi connectivity index (χ4n) is 1.84. The first-order valence-electron chi connectivity index (χ1n) is 6.71. The molecule has 0 aliphatic carbocycles. The summed E-state index contributed by atoms with van der Waals surface area (Å²) in [7, 11) is -2.15. The van der Waals surface area contributed by atoms with Crippen LogP contribution in [-0.2, 0) is 10.0 Å². The molecule has 0 amide bonds. The first-order chi connectivity index (χ1) is 9.27. The lowest BCUT2D eigenvalue weighted by atomic mass is 10.1. The summed E-state index contributed by atoms with van der Waals surface area (Å²) in [6, 6.07) is 3.08. The summed E-state index contributed by atoms with van der Waals surface area (Å²) in [4.78, 5) is 0.0904. The first-order valence-corrected chi connectivity index (χ1v) is 8.20. The van der Waals surface area contributed by atoms with Gasteiger partial charge in [0.25, 0.3) is 0 Å². The largest absolute Gasteiger partial charge is 0.495 e. The van der Waals surface area contributed by atoms with Crippen molar-refractivity contribution < 1.29 is 13.2 Å². The molecule has 0 atom stereocenters. The molecule has 5 nitrogen and oxygen atoms in total. The highest BCUT2D eigenvalue weighted by molar-refractivity contribution is 7.89. The zero-order chi connectivity index (χ0) is 15.3. The SMILES string of the molecule is COc1cc(C)c(N)cc1S(=O)(=O)NCCCC(C)C. The second-order valence-corrected chi connectivity index (χ2v) is 7.03. The van der Waals surface area contributed by atoms with E-state index in [4.69, 9.17) is 10.5 Å². The van der Waals surface area contributed by atoms with Crippen LogP contribution in [0.5, 0.6) is 5.75 Å². The van der Waals surface area contributed by atoms with Crippen LogP contribution < -0.4 is 15.2 Å². The number of rotatable bonds is 7. The standard InChI is InChI=1S/C14H24N2O3S/c1-10(2)6-5-7-16-20(17,18)14-9-12(15)11(3)8-13(14)19-4/h8-10,16H,5-7,15H2,1-4H3. The maximum atomic E-state index is 12.3. The Labute approximate surface area is 121 Å². The Morgan fingerprint density at radius 1 is 1.35 bits per heavy atom. The molecule has 1 rings (SSSR count). The van der Waals surface area contributed by atoms with E-state index in [2.05, 4.69) is 18.6 Å². The summed E-state index contributed by atoms with van der Waals surface area (Å²) in [5.41, 5.74) is 7.02. The number of sulfonamides is 1. The van der Waals surface area contributed by atoms with Crippen molar-refractivity contribution in [3.63, 3.8) is 0 Å². The van der Waals surface area contributed by atoms with Crippen molar-refractivity contribution in [3.05, 3.63) is 17.7 Å². The first kappa shape index (κ1) is 16.8. The van der Waals surface area contributed by atoms with Crippen LogP contribution in [0.3, 0.4) is 0 Å². The third kappa shape index (κ3) is 4.38. The normalized spacial score (nSPS) is 11.8. The molecule has 20 heavy (non-hydrogen) atoms. The molecule has 0 heterocycles. The topological polar surface area (TPSA) is 81.4 Å². The van der Waals surface area contributed by atoms with Crippen LogP contribution in [0.25, 0.3) is 0 Å². The van der Waals surface area contributed by atoms with Gasteiger partial charge in [0.2, 0.25) is 10.0 Å². The number of hydrogen-bond acceptors (Lipinski definition) is 4. The maximum absolute atomic E-state index is 12.3. The lowest BCUT2D eigenvalue weighted by molar-refractivity contribution is 0.402. The van der Waals surface area contributed by atoms with Gasteiger partial charge in [-0.15, -0.1) is 0 Å². The predicted octanol–water partition coefficient (Wildman–Crippen LogP) is 2.30. The summed E-state index contributed by atoms with van der Waals surface area (Å²) < 4.78 is 32.3. The van der Waals surface area contributed by atoms with Gasteiger partial charge >= 0.3 is 0 Å². The highest BCUT2D eigenvalue weighted by Gasteiger charge is 2.20. The molecule has 3 N–H and O–H groups in total. The summed E-state index contributed by atoms with van der Waals surface area (Å²) in [5, 5.41) is 0. The monoisotopic (exact) mass is 300 g/mol. The number of benzene rings is 1. The Hall–Kier alpha value is -1.27. The molecular formula is C14H24N2O3S. The molecule has 0 radical (unpaired) electrons. The van der Waals surface area contributed by atoms with E-state index < -0.39 is 10.0 Å². The van der Waals surface area contributed by atoms with Crippen molar-refractivity contribution in [3.8, 4) is 5.75 Å². The van der Waals surface area contributed by atoms with E-state index in [-0.39, 0.29) is 4.90 Å². The van der Waals surface area contributed by atoms with Crippen LogP contribution in [0.4, 0.5) is 5.69 Å². The molecule has 1 aromatic carbocycles. The average Bonchev–Trinajstić information content (AvgIpc) is 2.37. The van der Waals surface area contributed by atoms with E-state index in [1.807, 2.05) is 6.92 Å². The van der Waals surface area contributed by atoms with Crippen LogP contribution in [0.15, 0.2) is 17.0 Å². The Bertz CT molecular complexity index is 554. The Balaban J connectivity index is 2.89. The number of anilines is 1. The van der Waals surface area contributed by atoms with Gasteiger partial charge in [-0.2, -0.15) is 0 Å². The Morgan fingerprint density at radius 3 is 2.55 bits per heavy atom. The Kier molecular flexibility index (Phi) is 5.83. The fraction of sp³-hybridized carbons (Fsp3) is 0.571. The van der Waals surface area contributed by atoms with Gasteiger partial charge in [0.1, 0.15) is 10.6 Å². The number of nitrogens with one attached hydrogen (secondary N) is 1. The van der Waals surface area contributed by atoms with E-state index in [1.165, 1.54) is 13.2 Å². The van der Waals surface area contributed by atoms with Gasteiger partial charge in [-0.1, -0.05) is 13.8 Å². The van der Waals surface area contributed by atoms with Crippen LogP contribution in [-0.4, -0.2) is 22.1 Å². The molecular weight excluding hydrogens is 276 g/mol. The van der Waals surface area contributed by atoms with Crippen molar-refractivity contribution >= 4 is 15.7 Å². The average molecular weight is 300 g/mol. The number of methoxy groups -OCH3 is 1. The minimum absolute atomic E-state index is 0.0904. The van der Waals surface area contributed by atoms with Gasteiger partial charge in [-0.05, 0) is 43.4 Å². The summed E-state index contributed by atoms with van der Waals surface area (Å²) in [6.07, 6.45) is 1.79. The van der Waals surface area contributed by atoms with Crippen LogP contribution in [0.1, 0.15) is 32.3 Å². The number of nitrogen functional groups attached to an aromatic ring is 1. The minimum Gasteiger partial charge on any atom is -0.495 e. The van der Waals surface area contributed by atoms with Gasteiger partial charge < -0.3 is 10.5 Å². The lowest BCUT2D eigenvalue weighted by Gasteiger charge is -2.13. The van der Waals surface area contributed by atoms with Crippen LogP contribution in [0, 0.1) is 12.8 Å². The van der Waals surface area contributed by atoms with Gasteiger partial charge in [-0.25, -0.2) is 13.1 Å². The summed E-state index contributed by atoms with van der Waals surface area (Å²) in [5.74, 6) is 0.872. The highest BCUT2D eigenvalue weighted by atomic mass is 32.2. The number of ether oxygens (including phenoxy) is 1. The van der Waals surface area contributed by atoms with Crippen molar-refractivity contribution in [1.29, 1.82) is 0 Å². The lowest BCUT2D eigenvalue weighted by Crippen LogP contribution is -2.25. The second kappa shape index (κ2) is 6.95. The molecule has 0 aromatic heterocycles. The van der Waals surface area contributed by atoms with Gasteiger partial charge in [0.05, 0.1) is 7.11 Å². The molecule has 1 aromatic rings. The maximum Gasteiger partial charge on any atom is 0.244 e. The molecule has 0 saturated heterocycles. The molecule has 0 saturated carbocycles. The molecule has 114 valence electrons. The van der Waals surface area contributed by atoms with Gasteiger partial charge in [0, 0.05) is 12.2 Å². The molecule has 0 unspecified atom stereocenters. The smallest absolute Gasteiger partial charge is 0.244 e. The second-order valence-electron chi connectivity index (χ2n) is 5.29. The van der Waals surface area contributed by atoms with Crippen molar-refractivity contribution in [2.24, 2.45) is 5.92 Å². The van der Waals surface area contributed by atoms with Gasteiger partial charge in [-0.3, -0.25) is 0 Å². The number of hydrogen-bond donors (Lipinski definition) is 2. The third-order valence-corrected chi connectivity index (χ3v) is 4.57. The van der Waals surface area contributed by atoms with Crippen molar-refractivity contribution in [1.82, 2.24) is 4.72 Å². The third-order valence-electron chi connectivity index (χ3n) is 3.09. The fourth-order valence-corrected chi connectivity index (χ4v) is 3.10. The summed E-state index contributed by atoms with van der Waals surface area (Å²) in [6.45, 7) is 6.44. The van der Waals surface area contributed by atoms with Crippen molar-refractivity contribution in [2.75, 3.05) is 19.4 Å². The number of aryl methyl sites for hydroxylation is 1. The van der Waals surface area contributed by atoms with E-state index >= 15 is 0 Å². The molecule has 0 aliphatic rings. The summed E-state index contributed by atoms with van der Waals surface area (Å²) >= 11 is 0. The molecule has 6 heteroatoms. The molecule has 0 aliphatic heterocycles. The van der Waals surface area contributed by atoms with E-state index in [0.29, 0.717) is 23.9 Å². The quantitative estimate of drug-likeness (QED) is 0.598. The molecule has 0 fully saturated rings. The zero-order valence-corrected chi connectivity index (χ0v) is 13.4. The van der Waals surface area contributed by atoms with E-state index in [0.717, 1.165) is 18.4 Å². The van der Waals surface area contributed by atoms with Crippen LogP contribution >= 0.6 is 0 Å². The van der Waals surface area contributed by atoms with E-state index in [1.54, 1.807) is 6.07 Å². The predicted molar refractivity (Wildman–Crippen MR) is 81.4 cm³/mol. The van der Waals surface area contributed by atoms with Crippen molar-refractivity contribution in [2.45, 2.75) is 38.5 Å². The Morgan fingerprint density at radius 2 is 2.00 bits per heavy atom. The van der Waals surface area contributed by atoms with E-state index in [9.17, 15) is 8.42 Å². The van der Waals surface area contributed by atoms with Gasteiger partial charge in [0.15, 0.2) is 0 Å². The highest BCUT2D eigenvalue weighted by Crippen LogP contribution is 2.28. The minimum atomic E-state index is -3.60. The molecule has 0 spiro atoms. The number of nitrogens with two attached hydrogens (primary N) is 1. The molecule has 0 bridgehead atoms. The zero-order valence-electron chi connectivity index (χ0n) is 12.6.